The number of nitrogens with zero attached hydrogens (tertiary/aromatic N) is 2. The van der Waals surface area contributed by atoms with Crippen molar-refractivity contribution in [1.29, 1.82) is 0 Å². The van der Waals surface area contributed by atoms with Crippen molar-refractivity contribution in [1.82, 2.24) is 15.6 Å². The van der Waals surface area contributed by atoms with E-state index in [-0.39, 0.29) is 0 Å². The third-order valence-electron chi connectivity index (χ3n) is 3.36. The van der Waals surface area contributed by atoms with Crippen LogP contribution in [0.4, 0.5) is 0 Å². The molecule has 0 spiro atoms. The zero-order valence-corrected chi connectivity index (χ0v) is 14.5. The molecule has 5 heteroatoms. The lowest BCUT2D eigenvalue weighted by Gasteiger charge is -2.19. The summed E-state index contributed by atoms with van der Waals surface area (Å²) < 4.78 is 5.54. The van der Waals surface area contributed by atoms with Gasteiger partial charge < -0.3 is 15.4 Å². The van der Waals surface area contributed by atoms with Crippen LogP contribution in [0.1, 0.15) is 46.1 Å². The quantitative estimate of drug-likeness (QED) is 0.572. The molecule has 1 heterocycles. The maximum Gasteiger partial charge on any atom is 0.218 e. The molecule has 0 radical (unpaired) electrons. The topological polar surface area (TPSA) is 58.5 Å². The Morgan fingerprint density at radius 3 is 2.73 bits per heavy atom. The van der Waals surface area contributed by atoms with Gasteiger partial charge in [0, 0.05) is 31.4 Å². The third kappa shape index (κ3) is 6.78. The van der Waals surface area contributed by atoms with E-state index in [1.807, 2.05) is 19.1 Å². The van der Waals surface area contributed by atoms with Gasteiger partial charge in [0.1, 0.15) is 0 Å². The van der Waals surface area contributed by atoms with Crippen molar-refractivity contribution in [3.8, 4) is 5.88 Å². The summed E-state index contributed by atoms with van der Waals surface area (Å²) in [5.74, 6) is 2.21. The van der Waals surface area contributed by atoms with Crippen molar-refractivity contribution in [2.45, 2.75) is 53.1 Å². The summed E-state index contributed by atoms with van der Waals surface area (Å²) in [4.78, 5) is 8.54. The Balaban J connectivity index is 2.50. The second kappa shape index (κ2) is 10.0. The van der Waals surface area contributed by atoms with Crippen molar-refractivity contribution < 1.29 is 4.74 Å². The van der Waals surface area contributed by atoms with E-state index in [0.717, 1.165) is 23.9 Å². The van der Waals surface area contributed by atoms with Gasteiger partial charge in [0.05, 0.1) is 6.61 Å². The zero-order chi connectivity index (χ0) is 16.4. The molecule has 0 aliphatic heterocycles. The molecule has 0 saturated carbocycles. The maximum absolute atomic E-state index is 5.54. The Hall–Kier alpha value is -1.78. The second-order valence-corrected chi connectivity index (χ2v) is 5.84. The number of nitrogens with one attached hydrogen (secondary N) is 2. The number of aliphatic imine (C=N–C) groups is 1. The van der Waals surface area contributed by atoms with E-state index < -0.39 is 0 Å². The summed E-state index contributed by atoms with van der Waals surface area (Å²) in [5.41, 5.74) is 1.03. The van der Waals surface area contributed by atoms with Gasteiger partial charge in [-0.15, -0.1) is 0 Å². The summed E-state index contributed by atoms with van der Waals surface area (Å²) in [7, 11) is 1.79. The highest BCUT2D eigenvalue weighted by Crippen LogP contribution is 2.13. The Morgan fingerprint density at radius 1 is 1.32 bits per heavy atom. The van der Waals surface area contributed by atoms with Crippen LogP contribution >= 0.6 is 0 Å². The number of guanidine groups is 1. The Kier molecular flexibility index (Phi) is 8.33. The molecule has 1 rings (SSSR count). The van der Waals surface area contributed by atoms with Crippen LogP contribution in [0.2, 0.25) is 0 Å². The average molecular weight is 306 g/mol. The van der Waals surface area contributed by atoms with Crippen LogP contribution in [0.15, 0.2) is 23.3 Å². The van der Waals surface area contributed by atoms with E-state index in [1.54, 1.807) is 13.2 Å². The minimum atomic E-state index is 0.397. The van der Waals surface area contributed by atoms with Crippen molar-refractivity contribution in [3.63, 3.8) is 0 Å². The predicted molar refractivity (Wildman–Crippen MR) is 92.3 cm³/mol. The number of hydrogen-bond acceptors (Lipinski definition) is 3. The van der Waals surface area contributed by atoms with Gasteiger partial charge in [-0.1, -0.05) is 19.9 Å². The molecular weight excluding hydrogens is 276 g/mol. The highest BCUT2D eigenvalue weighted by atomic mass is 16.5. The van der Waals surface area contributed by atoms with E-state index in [0.29, 0.717) is 25.1 Å². The van der Waals surface area contributed by atoms with E-state index in [1.165, 1.54) is 6.42 Å². The van der Waals surface area contributed by atoms with Crippen LogP contribution in [0.3, 0.4) is 0 Å². The number of aromatic nitrogens is 1. The van der Waals surface area contributed by atoms with Crippen molar-refractivity contribution in [2.75, 3.05) is 13.7 Å². The Labute approximate surface area is 134 Å². The molecule has 1 aromatic heterocycles. The molecule has 1 atom stereocenters. The van der Waals surface area contributed by atoms with Crippen LogP contribution in [0.25, 0.3) is 0 Å². The van der Waals surface area contributed by atoms with Gasteiger partial charge in [0.25, 0.3) is 0 Å². The predicted octanol–water partition coefficient (Wildman–Crippen LogP) is 2.97. The zero-order valence-electron chi connectivity index (χ0n) is 14.5. The summed E-state index contributed by atoms with van der Waals surface area (Å²) in [6, 6.07) is 4.33. The molecule has 2 N–H and O–H groups in total. The monoisotopic (exact) mass is 306 g/mol. The van der Waals surface area contributed by atoms with Gasteiger partial charge in [-0.3, -0.25) is 4.99 Å². The molecule has 124 valence electrons. The molecule has 0 fully saturated rings. The van der Waals surface area contributed by atoms with Crippen LogP contribution in [0.5, 0.6) is 5.88 Å². The van der Waals surface area contributed by atoms with Gasteiger partial charge in [-0.05, 0) is 38.7 Å². The fourth-order valence-electron chi connectivity index (χ4n) is 2.09. The van der Waals surface area contributed by atoms with Gasteiger partial charge >= 0.3 is 0 Å². The Morgan fingerprint density at radius 2 is 2.09 bits per heavy atom. The fraction of sp³-hybridized carbons (Fsp3) is 0.647. The van der Waals surface area contributed by atoms with E-state index in [2.05, 4.69) is 41.4 Å². The summed E-state index contributed by atoms with van der Waals surface area (Å²) in [6.07, 6.45) is 4.09. The largest absolute Gasteiger partial charge is 0.478 e. The molecule has 0 saturated heterocycles. The van der Waals surface area contributed by atoms with Crippen molar-refractivity contribution >= 4 is 5.96 Å². The first kappa shape index (κ1) is 18.3. The van der Waals surface area contributed by atoms with Crippen LogP contribution in [0, 0.1) is 5.92 Å². The van der Waals surface area contributed by atoms with Crippen LogP contribution in [-0.4, -0.2) is 30.6 Å². The minimum Gasteiger partial charge on any atom is -0.478 e. The van der Waals surface area contributed by atoms with Gasteiger partial charge in [-0.25, -0.2) is 4.98 Å². The molecular formula is C17H30N4O. The first-order chi connectivity index (χ1) is 10.6. The third-order valence-corrected chi connectivity index (χ3v) is 3.36. The van der Waals surface area contributed by atoms with Gasteiger partial charge in [-0.2, -0.15) is 0 Å². The SMILES string of the molecule is CCOc1ncccc1CNC(=NC)NC(C)CCC(C)C. The summed E-state index contributed by atoms with van der Waals surface area (Å²) >= 11 is 0. The molecule has 0 amide bonds. The average Bonchev–Trinajstić information content (AvgIpc) is 2.51. The molecule has 0 aliphatic rings. The first-order valence-corrected chi connectivity index (χ1v) is 8.10. The molecule has 5 nitrogen and oxygen atoms in total. The number of rotatable bonds is 8. The number of hydrogen-bond donors (Lipinski definition) is 2. The van der Waals surface area contributed by atoms with E-state index in [4.69, 9.17) is 4.74 Å². The maximum atomic E-state index is 5.54. The molecule has 0 aromatic carbocycles. The molecule has 1 aromatic rings. The lowest BCUT2D eigenvalue weighted by Crippen LogP contribution is -2.42. The summed E-state index contributed by atoms with van der Waals surface area (Å²) in [5, 5.41) is 6.74. The molecule has 0 aliphatic carbocycles. The normalized spacial score (nSPS) is 13.1. The van der Waals surface area contributed by atoms with E-state index in [9.17, 15) is 0 Å². The lowest BCUT2D eigenvalue weighted by atomic mass is 10.0. The van der Waals surface area contributed by atoms with Gasteiger partial charge in [0.15, 0.2) is 5.96 Å². The second-order valence-electron chi connectivity index (χ2n) is 5.84. The lowest BCUT2D eigenvalue weighted by molar-refractivity contribution is 0.322. The van der Waals surface area contributed by atoms with E-state index >= 15 is 0 Å². The standard InChI is InChI=1S/C17H30N4O/c1-6-22-16-15(8-7-11-19-16)12-20-17(18-5)21-14(4)10-9-13(2)3/h7-8,11,13-14H,6,9-10,12H2,1-5H3,(H2,18,20,21). The van der Waals surface area contributed by atoms with Crippen LogP contribution in [-0.2, 0) is 6.54 Å². The smallest absolute Gasteiger partial charge is 0.218 e. The summed E-state index contributed by atoms with van der Waals surface area (Å²) in [6.45, 7) is 9.89. The first-order valence-electron chi connectivity index (χ1n) is 8.10. The Bertz CT molecular complexity index is 460. The molecule has 22 heavy (non-hydrogen) atoms. The number of pyridine rings is 1. The van der Waals surface area contributed by atoms with Crippen LogP contribution < -0.4 is 15.4 Å². The highest BCUT2D eigenvalue weighted by Gasteiger charge is 2.08. The minimum absolute atomic E-state index is 0.397. The highest BCUT2D eigenvalue weighted by molar-refractivity contribution is 5.79. The molecule has 0 bridgehead atoms. The van der Waals surface area contributed by atoms with Crippen molar-refractivity contribution in [3.05, 3.63) is 23.9 Å². The fourth-order valence-corrected chi connectivity index (χ4v) is 2.09. The molecule has 1 unspecified atom stereocenters. The number of ether oxygens (including phenoxy) is 1. The van der Waals surface area contributed by atoms with Gasteiger partial charge in [0.2, 0.25) is 5.88 Å². The van der Waals surface area contributed by atoms with Crippen molar-refractivity contribution in [2.24, 2.45) is 10.9 Å².